The van der Waals surface area contributed by atoms with Crippen LogP contribution >= 0.6 is 0 Å². The first kappa shape index (κ1) is 17.0. The fourth-order valence-electron chi connectivity index (χ4n) is 3.46. The largest absolute Gasteiger partial charge is 0.480 e. The van der Waals surface area contributed by atoms with Crippen LogP contribution in [-0.4, -0.2) is 22.2 Å². The fourth-order valence-corrected chi connectivity index (χ4v) is 3.46. The van der Waals surface area contributed by atoms with Gasteiger partial charge in [0.15, 0.2) is 5.41 Å². The summed E-state index contributed by atoms with van der Waals surface area (Å²) in [5, 5.41) is 19.0. The minimum absolute atomic E-state index is 0.187. The average Bonchev–Trinajstić information content (AvgIpc) is 2.91. The maximum absolute atomic E-state index is 11.6. The van der Waals surface area contributed by atoms with Gasteiger partial charge in [0.05, 0.1) is 0 Å². The lowest BCUT2D eigenvalue weighted by molar-refractivity contribution is -0.170. The molecule has 0 spiro atoms. The molecule has 0 aliphatic heterocycles. The number of hydrogen-bond acceptors (Lipinski definition) is 2. The minimum Gasteiger partial charge on any atom is -0.480 e. The lowest BCUT2D eigenvalue weighted by Gasteiger charge is -2.31. The summed E-state index contributed by atoms with van der Waals surface area (Å²) in [6.07, 6.45) is 9.96. The second kappa shape index (κ2) is 8.28. The molecule has 20 heavy (non-hydrogen) atoms. The van der Waals surface area contributed by atoms with Crippen molar-refractivity contribution >= 4 is 11.9 Å². The highest BCUT2D eigenvalue weighted by molar-refractivity contribution is 5.98. The Morgan fingerprint density at radius 3 is 1.95 bits per heavy atom. The summed E-state index contributed by atoms with van der Waals surface area (Å²) < 4.78 is 0. The molecule has 1 rings (SSSR count). The topological polar surface area (TPSA) is 74.6 Å². The van der Waals surface area contributed by atoms with Crippen LogP contribution < -0.4 is 0 Å². The molecule has 4 nitrogen and oxygen atoms in total. The molecule has 0 aromatic carbocycles. The number of carboxylic acid groups (broad SMARTS) is 2. The first-order valence-corrected chi connectivity index (χ1v) is 8.02. The quantitative estimate of drug-likeness (QED) is 0.468. The van der Waals surface area contributed by atoms with E-state index in [9.17, 15) is 19.8 Å². The molecule has 0 amide bonds. The van der Waals surface area contributed by atoms with E-state index in [1.54, 1.807) is 0 Å². The van der Waals surface area contributed by atoms with E-state index in [4.69, 9.17) is 0 Å². The van der Waals surface area contributed by atoms with Gasteiger partial charge in [-0.2, -0.15) is 0 Å². The monoisotopic (exact) mass is 284 g/mol. The van der Waals surface area contributed by atoms with Gasteiger partial charge in [-0.25, -0.2) is 0 Å². The number of unbranched alkanes of at least 4 members (excludes halogenated alkanes) is 5. The Bertz CT molecular complexity index is 304. The van der Waals surface area contributed by atoms with E-state index in [0.29, 0.717) is 6.42 Å². The number of aliphatic carboxylic acids is 2. The smallest absolute Gasteiger partial charge is 0.321 e. The lowest BCUT2D eigenvalue weighted by atomic mass is 9.70. The number of carboxylic acids is 2. The third-order valence-electron chi connectivity index (χ3n) is 4.74. The normalized spacial score (nSPS) is 16.4. The van der Waals surface area contributed by atoms with E-state index in [1.807, 2.05) is 0 Å². The standard InChI is InChI=1S/C16H28O4/c1-2-3-4-5-6-9-12-16(14(17)18,15(19)20)13-10-7-8-11-13/h13H,2-12H2,1H3,(H,17,18)(H,19,20). The second-order valence-electron chi connectivity index (χ2n) is 6.08. The van der Waals surface area contributed by atoms with Crippen molar-refractivity contribution in [3.05, 3.63) is 0 Å². The molecule has 0 unspecified atom stereocenters. The zero-order valence-electron chi connectivity index (χ0n) is 12.6. The molecule has 1 fully saturated rings. The molecule has 0 atom stereocenters. The first-order chi connectivity index (χ1) is 9.55. The number of rotatable bonds is 10. The summed E-state index contributed by atoms with van der Waals surface area (Å²) in [4.78, 5) is 23.3. The zero-order chi connectivity index (χ0) is 15.0. The van der Waals surface area contributed by atoms with Crippen LogP contribution in [0, 0.1) is 11.3 Å². The third kappa shape index (κ3) is 3.97. The Kier molecular flexibility index (Phi) is 7.03. The highest BCUT2D eigenvalue weighted by Crippen LogP contribution is 2.44. The first-order valence-electron chi connectivity index (χ1n) is 8.02. The van der Waals surface area contributed by atoms with Gasteiger partial charge in [0.2, 0.25) is 0 Å². The molecule has 0 radical (unpaired) electrons. The summed E-state index contributed by atoms with van der Waals surface area (Å²) in [5.74, 6) is -2.45. The Morgan fingerprint density at radius 2 is 1.45 bits per heavy atom. The van der Waals surface area contributed by atoms with Crippen LogP contribution in [0.5, 0.6) is 0 Å². The molecule has 0 bridgehead atoms. The predicted octanol–water partition coefficient (Wildman–Crippen LogP) is 4.08. The van der Waals surface area contributed by atoms with Crippen LogP contribution in [0.3, 0.4) is 0 Å². The van der Waals surface area contributed by atoms with Crippen molar-refractivity contribution < 1.29 is 19.8 Å². The highest BCUT2D eigenvalue weighted by atomic mass is 16.4. The van der Waals surface area contributed by atoms with Crippen LogP contribution in [0.25, 0.3) is 0 Å². The molecular formula is C16H28O4. The molecule has 0 heterocycles. The fraction of sp³-hybridized carbons (Fsp3) is 0.875. The molecule has 0 saturated heterocycles. The van der Waals surface area contributed by atoms with Gasteiger partial charge in [0.1, 0.15) is 0 Å². The van der Waals surface area contributed by atoms with Crippen LogP contribution in [0.15, 0.2) is 0 Å². The van der Waals surface area contributed by atoms with E-state index >= 15 is 0 Å². The maximum Gasteiger partial charge on any atom is 0.321 e. The molecule has 1 aliphatic rings. The van der Waals surface area contributed by atoms with Crippen LogP contribution in [0.2, 0.25) is 0 Å². The van der Waals surface area contributed by atoms with E-state index in [2.05, 4.69) is 6.92 Å². The highest BCUT2D eigenvalue weighted by Gasteiger charge is 2.52. The Labute approximate surface area is 121 Å². The van der Waals surface area contributed by atoms with Crippen molar-refractivity contribution in [1.29, 1.82) is 0 Å². The molecule has 0 aromatic rings. The lowest BCUT2D eigenvalue weighted by Crippen LogP contribution is -2.45. The summed E-state index contributed by atoms with van der Waals surface area (Å²) in [6.45, 7) is 2.15. The average molecular weight is 284 g/mol. The molecule has 4 heteroatoms. The van der Waals surface area contributed by atoms with Gasteiger partial charge < -0.3 is 10.2 Å². The second-order valence-corrected chi connectivity index (χ2v) is 6.08. The number of hydrogen-bond donors (Lipinski definition) is 2. The van der Waals surface area contributed by atoms with Gasteiger partial charge in [0, 0.05) is 0 Å². The Hall–Kier alpha value is -1.06. The van der Waals surface area contributed by atoms with E-state index in [-0.39, 0.29) is 12.3 Å². The third-order valence-corrected chi connectivity index (χ3v) is 4.74. The van der Waals surface area contributed by atoms with Crippen molar-refractivity contribution in [1.82, 2.24) is 0 Å². The van der Waals surface area contributed by atoms with E-state index in [1.165, 1.54) is 12.8 Å². The van der Waals surface area contributed by atoms with Crippen LogP contribution in [0.4, 0.5) is 0 Å². The van der Waals surface area contributed by atoms with Crippen LogP contribution in [0.1, 0.15) is 77.6 Å². The van der Waals surface area contributed by atoms with Gasteiger partial charge in [-0.05, 0) is 25.2 Å². The van der Waals surface area contributed by atoms with Gasteiger partial charge in [0.25, 0.3) is 0 Å². The minimum atomic E-state index is -1.54. The summed E-state index contributed by atoms with van der Waals surface area (Å²) in [5.41, 5.74) is -1.54. The zero-order valence-corrected chi connectivity index (χ0v) is 12.6. The molecule has 1 aliphatic carbocycles. The van der Waals surface area contributed by atoms with Gasteiger partial charge in [-0.15, -0.1) is 0 Å². The summed E-state index contributed by atoms with van der Waals surface area (Å²) in [7, 11) is 0. The van der Waals surface area contributed by atoms with Crippen molar-refractivity contribution in [2.24, 2.45) is 11.3 Å². The Morgan fingerprint density at radius 1 is 0.950 bits per heavy atom. The van der Waals surface area contributed by atoms with Crippen molar-refractivity contribution in [3.63, 3.8) is 0 Å². The van der Waals surface area contributed by atoms with Crippen molar-refractivity contribution in [2.75, 3.05) is 0 Å². The van der Waals surface area contributed by atoms with Crippen molar-refractivity contribution in [2.45, 2.75) is 77.6 Å². The molecular weight excluding hydrogens is 256 g/mol. The van der Waals surface area contributed by atoms with Crippen molar-refractivity contribution in [3.8, 4) is 0 Å². The van der Waals surface area contributed by atoms with Gasteiger partial charge in [-0.1, -0.05) is 58.3 Å². The van der Waals surface area contributed by atoms with E-state index < -0.39 is 17.4 Å². The summed E-state index contributed by atoms with van der Waals surface area (Å²) in [6, 6.07) is 0. The molecule has 0 aromatic heterocycles. The Balaban J connectivity index is 2.58. The predicted molar refractivity (Wildman–Crippen MR) is 77.7 cm³/mol. The maximum atomic E-state index is 11.6. The molecule has 116 valence electrons. The molecule has 1 saturated carbocycles. The summed E-state index contributed by atoms with van der Waals surface area (Å²) >= 11 is 0. The van der Waals surface area contributed by atoms with E-state index in [0.717, 1.165) is 44.9 Å². The van der Waals surface area contributed by atoms with Gasteiger partial charge >= 0.3 is 11.9 Å². The van der Waals surface area contributed by atoms with Gasteiger partial charge in [-0.3, -0.25) is 9.59 Å². The van der Waals surface area contributed by atoms with Crippen LogP contribution in [-0.2, 0) is 9.59 Å². The SMILES string of the molecule is CCCCCCCCC(C(=O)O)(C(=O)O)C1CCCC1. The number of carbonyl (C=O) groups is 2. The molecule has 2 N–H and O–H groups in total.